The molecule has 106 valence electrons. The molecule has 0 heterocycles. The molecule has 0 atom stereocenters. The first-order chi connectivity index (χ1) is 9.29. The second kappa shape index (κ2) is 5.54. The summed E-state index contributed by atoms with van der Waals surface area (Å²) in [6.45, 7) is 3.81. The first kappa shape index (κ1) is 15.0. The van der Waals surface area contributed by atoms with Crippen LogP contribution in [0.4, 0.5) is 10.1 Å². The van der Waals surface area contributed by atoms with Crippen molar-refractivity contribution in [3.05, 3.63) is 57.8 Å². The van der Waals surface area contributed by atoms with E-state index < -0.39 is 15.8 Å². The quantitative estimate of drug-likeness (QED) is 0.901. The fourth-order valence-corrected chi connectivity index (χ4v) is 3.15. The van der Waals surface area contributed by atoms with E-state index in [9.17, 15) is 12.8 Å². The lowest BCUT2D eigenvalue weighted by atomic mass is 10.1. The summed E-state index contributed by atoms with van der Waals surface area (Å²) in [6, 6.07) is 9.00. The van der Waals surface area contributed by atoms with Gasteiger partial charge in [0.05, 0.1) is 0 Å². The number of rotatable bonds is 3. The maximum atomic E-state index is 13.7. The second-order valence-corrected chi connectivity index (χ2v) is 7.05. The Morgan fingerprint density at radius 3 is 2.35 bits per heavy atom. The molecule has 0 radical (unpaired) electrons. The third-order valence-corrected chi connectivity index (χ3v) is 4.85. The fraction of sp³-hybridized carbons (Fsp3) is 0.143. The van der Waals surface area contributed by atoms with Gasteiger partial charge in [0, 0.05) is 10.2 Å². The number of hydrogen-bond acceptors (Lipinski definition) is 2. The maximum absolute atomic E-state index is 13.7. The van der Waals surface area contributed by atoms with Gasteiger partial charge in [0.2, 0.25) is 0 Å². The van der Waals surface area contributed by atoms with Gasteiger partial charge in [0.1, 0.15) is 10.7 Å². The Labute approximate surface area is 126 Å². The molecule has 2 aromatic rings. The zero-order valence-corrected chi connectivity index (χ0v) is 13.3. The van der Waals surface area contributed by atoms with Crippen LogP contribution in [0.5, 0.6) is 0 Å². The Morgan fingerprint density at radius 2 is 1.75 bits per heavy atom. The molecule has 0 spiro atoms. The number of hydrogen-bond donors (Lipinski definition) is 1. The molecule has 3 nitrogen and oxygen atoms in total. The summed E-state index contributed by atoms with van der Waals surface area (Å²) < 4.78 is 40.9. The number of halogens is 2. The lowest BCUT2D eigenvalue weighted by molar-refractivity contribution is 0.570. The minimum Gasteiger partial charge on any atom is -0.280 e. The third-order valence-electron chi connectivity index (χ3n) is 2.94. The number of benzene rings is 2. The van der Waals surface area contributed by atoms with Crippen molar-refractivity contribution < 1.29 is 12.8 Å². The zero-order valence-electron chi connectivity index (χ0n) is 10.9. The molecule has 0 saturated carbocycles. The van der Waals surface area contributed by atoms with E-state index in [1.54, 1.807) is 12.1 Å². The zero-order chi connectivity index (χ0) is 14.9. The van der Waals surface area contributed by atoms with Crippen LogP contribution in [-0.4, -0.2) is 8.42 Å². The van der Waals surface area contributed by atoms with Crippen molar-refractivity contribution in [1.82, 2.24) is 0 Å². The van der Waals surface area contributed by atoms with Gasteiger partial charge in [-0.05, 0) is 55.3 Å². The summed E-state index contributed by atoms with van der Waals surface area (Å²) in [4.78, 5) is -0.376. The van der Waals surface area contributed by atoms with Crippen molar-refractivity contribution in [1.29, 1.82) is 0 Å². The molecule has 0 aromatic heterocycles. The maximum Gasteiger partial charge on any atom is 0.264 e. The van der Waals surface area contributed by atoms with E-state index >= 15 is 0 Å². The SMILES string of the molecule is Cc1ccc(NS(=O)(=O)c2ccc(Br)cc2F)cc1C. The topological polar surface area (TPSA) is 46.2 Å². The summed E-state index contributed by atoms with van der Waals surface area (Å²) in [6.07, 6.45) is 0. The normalized spacial score (nSPS) is 11.4. The Bertz CT molecular complexity index is 760. The Balaban J connectivity index is 2.38. The minimum atomic E-state index is -3.94. The highest BCUT2D eigenvalue weighted by Gasteiger charge is 2.19. The molecule has 0 fully saturated rings. The van der Waals surface area contributed by atoms with Gasteiger partial charge < -0.3 is 0 Å². The summed E-state index contributed by atoms with van der Waals surface area (Å²) >= 11 is 3.09. The van der Waals surface area contributed by atoms with Crippen molar-refractivity contribution in [2.45, 2.75) is 18.7 Å². The predicted octanol–water partition coefficient (Wildman–Crippen LogP) is 4.01. The molecular weight excluding hydrogens is 345 g/mol. The number of anilines is 1. The van der Waals surface area contributed by atoms with Crippen LogP contribution in [0.1, 0.15) is 11.1 Å². The van der Waals surface area contributed by atoms with E-state index in [-0.39, 0.29) is 4.90 Å². The van der Waals surface area contributed by atoms with E-state index in [2.05, 4.69) is 20.7 Å². The molecule has 0 aliphatic heterocycles. The largest absolute Gasteiger partial charge is 0.280 e. The molecule has 0 aliphatic carbocycles. The summed E-state index contributed by atoms with van der Waals surface area (Å²) in [7, 11) is -3.94. The van der Waals surface area contributed by atoms with Crippen molar-refractivity contribution in [3.8, 4) is 0 Å². The first-order valence-electron chi connectivity index (χ1n) is 5.85. The van der Waals surface area contributed by atoms with Gasteiger partial charge in [0.15, 0.2) is 0 Å². The van der Waals surface area contributed by atoms with Crippen LogP contribution in [0.15, 0.2) is 45.8 Å². The summed E-state index contributed by atoms with van der Waals surface area (Å²) in [5.41, 5.74) is 2.43. The van der Waals surface area contributed by atoms with E-state index in [0.717, 1.165) is 17.2 Å². The Morgan fingerprint density at radius 1 is 1.05 bits per heavy atom. The predicted molar refractivity (Wildman–Crippen MR) is 80.8 cm³/mol. The van der Waals surface area contributed by atoms with Crippen LogP contribution in [0, 0.1) is 19.7 Å². The molecule has 1 N–H and O–H groups in total. The van der Waals surface area contributed by atoms with Crippen LogP contribution in [0.3, 0.4) is 0 Å². The monoisotopic (exact) mass is 357 g/mol. The van der Waals surface area contributed by atoms with Crippen LogP contribution >= 0.6 is 15.9 Å². The van der Waals surface area contributed by atoms with Gasteiger partial charge in [-0.15, -0.1) is 0 Å². The molecule has 0 amide bonds. The number of aryl methyl sites for hydroxylation is 2. The lowest BCUT2D eigenvalue weighted by Gasteiger charge is -2.10. The highest BCUT2D eigenvalue weighted by molar-refractivity contribution is 9.10. The average Bonchev–Trinajstić information content (AvgIpc) is 2.33. The van der Waals surface area contributed by atoms with Crippen LogP contribution < -0.4 is 4.72 Å². The molecule has 0 saturated heterocycles. The third kappa shape index (κ3) is 3.19. The Hall–Kier alpha value is -1.40. The molecule has 2 aromatic carbocycles. The van der Waals surface area contributed by atoms with E-state index in [1.165, 1.54) is 12.1 Å². The van der Waals surface area contributed by atoms with Gasteiger partial charge >= 0.3 is 0 Å². The fourth-order valence-electron chi connectivity index (χ4n) is 1.71. The van der Waals surface area contributed by atoms with E-state index in [0.29, 0.717) is 10.2 Å². The van der Waals surface area contributed by atoms with Crippen LogP contribution in [0.25, 0.3) is 0 Å². The van der Waals surface area contributed by atoms with Crippen molar-refractivity contribution in [3.63, 3.8) is 0 Å². The average molecular weight is 358 g/mol. The lowest BCUT2D eigenvalue weighted by Crippen LogP contribution is -2.14. The van der Waals surface area contributed by atoms with E-state index in [1.807, 2.05) is 19.9 Å². The van der Waals surface area contributed by atoms with Crippen molar-refractivity contribution in [2.75, 3.05) is 4.72 Å². The molecule has 0 bridgehead atoms. The van der Waals surface area contributed by atoms with Crippen LogP contribution in [0.2, 0.25) is 0 Å². The number of nitrogens with one attached hydrogen (secondary N) is 1. The van der Waals surface area contributed by atoms with Crippen molar-refractivity contribution in [2.24, 2.45) is 0 Å². The van der Waals surface area contributed by atoms with Gasteiger partial charge in [0.25, 0.3) is 10.0 Å². The van der Waals surface area contributed by atoms with Gasteiger partial charge in [-0.25, -0.2) is 12.8 Å². The van der Waals surface area contributed by atoms with Crippen molar-refractivity contribution >= 4 is 31.6 Å². The highest BCUT2D eigenvalue weighted by Crippen LogP contribution is 2.23. The molecule has 0 aliphatic rings. The van der Waals surface area contributed by atoms with Gasteiger partial charge in [-0.1, -0.05) is 22.0 Å². The summed E-state index contributed by atoms with van der Waals surface area (Å²) in [5, 5.41) is 0. The molecule has 6 heteroatoms. The standard InChI is InChI=1S/C14H13BrFNO2S/c1-9-3-5-12(7-10(9)2)17-20(18,19)14-6-4-11(15)8-13(14)16/h3-8,17H,1-2H3. The van der Waals surface area contributed by atoms with Gasteiger partial charge in [-0.2, -0.15) is 0 Å². The molecular formula is C14H13BrFNO2S. The number of sulfonamides is 1. The second-order valence-electron chi connectivity index (χ2n) is 4.48. The van der Waals surface area contributed by atoms with Crippen LogP contribution in [-0.2, 0) is 10.0 Å². The smallest absolute Gasteiger partial charge is 0.264 e. The molecule has 0 unspecified atom stereocenters. The Kier molecular flexibility index (Phi) is 4.15. The first-order valence-corrected chi connectivity index (χ1v) is 8.12. The van der Waals surface area contributed by atoms with Gasteiger partial charge in [-0.3, -0.25) is 4.72 Å². The van der Waals surface area contributed by atoms with E-state index in [4.69, 9.17) is 0 Å². The molecule has 2 rings (SSSR count). The summed E-state index contributed by atoms with van der Waals surface area (Å²) in [5.74, 6) is -0.796. The molecule has 20 heavy (non-hydrogen) atoms. The highest BCUT2D eigenvalue weighted by atomic mass is 79.9. The minimum absolute atomic E-state index is 0.376.